The van der Waals surface area contributed by atoms with E-state index in [2.05, 4.69) is 164 Å². The summed E-state index contributed by atoms with van der Waals surface area (Å²) in [6.45, 7) is 0. The van der Waals surface area contributed by atoms with Crippen LogP contribution < -0.4 is 0 Å². The average molecular weight is 585 g/mol. The lowest BCUT2D eigenvalue weighted by Crippen LogP contribution is -1.98. The van der Waals surface area contributed by atoms with Crippen LogP contribution in [0.25, 0.3) is 88.1 Å². The summed E-state index contributed by atoms with van der Waals surface area (Å²) in [6.07, 6.45) is 0. The van der Waals surface area contributed by atoms with Gasteiger partial charge in [0.2, 0.25) is 0 Å². The van der Waals surface area contributed by atoms with Gasteiger partial charge in [0.15, 0.2) is 5.82 Å². The Labute approximate surface area is 267 Å². The standard InChI is InChI=1S/C44H28N2/c1-2-13-32(14-3-1)41-28-42(33-23-21-31(22-24-33)36-20-10-16-29-11-4-7-17-35(29)36)46-44(45-41)43-38-19-9-6-15-34(38)27-40-37-18-8-5-12-30(37)25-26-39(40)43/h1-28H. The summed E-state index contributed by atoms with van der Waals surface area (Å²) in [5.74, 6) is 0.728. The van der Waals surface area contributed by atoms with Gasteiger partial charge in [0, 0.05) is 16.7 Å². The van der Waals surface area contributed by atoms with Crippen molar-refractivity contribution in [2.24, 2.45) is 0 Å². The molecular weight excluding hydrogens is 556 g/mol. The minimum absolute atomic E-state index is 0.728. The van der Waals surface area contributed by atoms with Gasteiger partial charge in [0.05, 0.1) is 11.4 Å². The maximum Gasteiger partial charge on any atom is 0.161 e. The number of aromatic nitrogens is 2. The van der Waals surface area contributed by atoms with E-state index in [1.54, 1.807) is 0 Å². The van der Waals surface area contributed by atoms with Crippen molar-refractivity contribution in [3.05, 3.63) is 170 Å². The zero-order valence-electron chi connectivity index (χ0n) is 25.1. The molecule has 0 saturated heterocycles. The Balaban J connectivity index is 1.28. The molecule has 8 aromatic carbocycles. The van der Waals surface area contributed by atoms with Crippen LogP contribution in [-0.2, 0) is 0 Å². The number of hydrogen-bond donors (Lipinski definition) is 0. The van der Waals surface area contributed by atoms with Gasteiger partial charge in [-0.3, -0.25) is 0 Å². The highest BCUT2D eigenvalue weighted by molar-refractivity contribution is 6.19. The zero-order valence-corrected chi connectivity index (χ0v) is 25.1. The predicted octanol–water partition coefficient (Wildman–Crippen LogP) is 11.8. The third-order valence-electron chi connectivity index (χ3n) is 9.07. The van der Waals surface area contributed by atoms with E-state index >= 15 is 0 Å². The van der Waals surface area contributed by atoms with Crippen LogP contribution in [0.4, 0.5) is 0 Å². The summed E-state index contributed by atoms with van der Waals surface area (Å²) in [5, 5.41) is 9.64. The molecule has 0 atom stereocenters. The number of fused-ring (bicyclic) bond motifs is 5. The molecule has 0 spiro atoms. The molecule has 0 aliphatic heterocycles. The van der Waals surface area contributed by atoms with Crippen LogP contribution in [0.2, 0.25) is 0 Å². The number of benzene rings is 8. The van der Waals surface area contributed by atoms with Crippen molar-refractivity contribution in [1.29, 1.82) is 0 Å². The summed E-state index contributed by atoms with van der Waals surface area (Å²) in [4.78, 5) is 10.6. The molecule has 0 radical (unpaired) electrons. The van der Waals surface area contributed by atoms with Crippen molar-refractivity contribution >= 4 is 43.1 Å². The number of rotatable bonds is 4. The molecule has 2 nitrogen and oxygen atoms in total. The van der Waals surface area contributed by atoms with E-state index < -0.39 is 0 Å². The predicted molar refractivity (Wildman–Crippen MR) is 194 cm³/mol. The molecule has 0 fully saturated rings. The van der Waals surface area contributed by atoms with E-state index in [4.69, 9.17) is 9.97 Å². The van der Waals surface area contributed by atoms with Gasteiger partial charge in [-0.05, 0) is 66.3 Å². The Hall–Kier alpha value is -6.12. The van der Waals surface area contributed by atoms with Crippen LogP contribution in [0.5, 0.6) is 0 Å². The molecule has 9 rings (SSSR count). The fourth-order valence-corrected chi connectivity index (χ4v) is 6.82. The van der Waals surface area contributed by atoms with E-state index in [1.165, 1.54) is 43.4 Å². The van der Waals surface area contributed by atoms with Crippen LogP contribution in [-0.4, -0.2) is 9.97 Å². The largest absolute Gasteiger partial charge is 0.228 e. The summed E-state index contributed by atoms with van der Waals surface area (Å²) >= 11 is 0. The first-order chi connectivity index (χ1) is 22.8. The average Bonchev–Trinajstić information content (AvgIpc) is 3.14. The fourth-order valence-electron chi connectivity index (χ4n) is 6.82. The summed E-state index contributed by atoms with van der Waals surface area (Å²) in [5.41, 5.74) is 7.40. The van der Waals surface area contributed by atoms with Crippen LogP contribution in [0.1, 0.15) is 0 Å². The normalized spacial score (nSPS) is 11.5. The second-order valence-corrected chi connectivity index (χ2v) is 11.8. The fraction of sp³-hybridized carbons (Fsp3) is 0. The molecule has 0 aliphatic carbocycles. The smallest absolute Gasteiger partial charge is 0.161 e. The maximum absolute atomic E-state index is 5.32. The Kier molecular flexibility index (Phi) is 6.17. The number of hydrogen-bond acceptors (Lipinski definition) is 2. The molecule has 0 unspecified atom stereocenters. The third kappa shape index (κ3) is 4.43. The molecular formula is C44H28N2. The van der Waals surface area contributed by atoms with Crippen molar-refractivity contribution in [2.75, 3.05) is 0 Å². The van der Waals surface area contributed by atoms with Crippen molar-refractivity contribution in [2.45, 2.75) is 0 Å². The van der Waals surface area contributed by atoms with Crippen molar-refractivity contribution in [3.8, 4) is 45.0 Å². The molecule has 2 heteroatoms. The number of nitrogens with zero attached hydrogens (tertiary/aromatic N) is 2. The molecule has 1 heterocycles. The molecule has 0 N–H and O–H groups in total. The van der Waals surface area contributed by atoms with Crippen molar-refractivity contribution < 1.29 is 0 Å². The first-order valence-corrected chi connectivity index (χ1v) is 15.7. The molecule has 0 aliphatic rings. The highest BCUT2D eigenvalue weighted by Gasteiger charge is 2.17. The molecule has 46 heavy (non-hydrogen) atoms. The van der Waals surface area contributed by atoms with Crippen LogP contribution in [0.3, 0.4) is 0 Å². The monoisotopic (exact) mass is 584 g/mol. The van der Waals surface area contributed by atoms with Gasteiger partial charge < -0.3 is 0 Å². The lowest BCUT2D eigenvalue weighted by Gasteiger charge is -2.15. The quantitative estimate of drug-likeness (QED) is 0.152. The highest BCUT2D eigenvalue weighted by Crippen LogP contribution is 2.40. The Morgan fingerprint density at radius 1 is 0.304 bits per heavy atom. The Morgan fingerprint density at radius 3 is 1.63 bits per heavy atom. The lowest BCUT2D eigenvalue weighted by atomic mass is 9.92. The van der Waals surface area contributed by atoms with Gasteiger partial charge >= 0.3 is 0 Å². The maximum atomic E-state index is 5.32. The summed E-state index contributed by atoms with van der Waals surface area (Å²) in [6, 6.07) is 60.3. The van der Waals surface area contributed by atoms with E-state index in [-0.39, 0.29) is 0 Å². The van der Waals surface area contributed by atoms with Crippen molar-refractivity contribution in [1.82, 2.24) is 9.97 Å². The van der Waals surface area contributed by atoms with Crippen LogP contribution in [0, 0.1) is 0 Å². The molecule has 0 amide bonds. The van der Waals surface area contributed by atoms with E-state index in [0.29, 0.717) is 0 Å². The molecule has 1 aromatic heterocycles. The summed E-state index contributed by atoms with van der Waals surface area (Å²) in [7, 11) is 0. The zero-order chi connectivity index (χ0) is 30.5. The minimum Gasteiger partial charge on any atom is -0.228 e. The second kappa shape index (κ2) is 10.8. The van der Waals surface area contributed by atoms with Crippen LogP contribution >= 0.6 is 0 Å². The molecule has 214 valence electrons. The van der Waals surface area contributed by atoms with Gasteiger partial charge in [0.25, 0.3) is 0 Å². The first-order valence-electron chi connectivity index (χ1n) is 15.7. The van der Waals surface area contributed by atoms with Crippen molar-refractivity contribution in [3.63, 3.8) is 0 Å². The second-order valence-electron chi connectivity index (χ2n) is 11.8. The van der Waals surface area contributed by atoms with E-state index in [0.717, 1.165) is 44.7 Å². The minimum atomic E-state index is 0.728. The summed E-state index contributed by atoms with van der Waals surface area (Å²) < 4.78 is 0. The van der Waals surface area contributed by atoms with Crippen LogP contribution in [0.15, 0.2) is 170 Å². The SMILES string of the molecule is c1ccc(-c2cc(-c3ccc(-c4cccc5ccccc45)cc3)nc(-c3c4ccccc4cc4c3ccc3ccccc34)n2)cc1. The third-order valence-corrected chi connectivity index (χ3v) is 9.07. The first kappa shape index (κ1) is 26.3. The van der Waals surface area contributed by atoms with Gasteiger partial charge in [0.1, 0.15) is 0 Å². The molecule has 0 bridgehead atoms. The lowest BCUT2D eigenvalue weighted by molar-refractivity contribution is 1.19. The van der Waals surface area contributed by atoms with E-state index in [9.17, 15) is 0 Å². The topological polar surface area (TPSA) is 25.8 Å². The Bertz CT molecular complexity index is 2560. The van der Waals surface area contributed by atoms with Gasteiger partial charge in [-0.15, -0.1) is 0 Å². The van der Waals surface area contributed by atoms with Gasteiger partial charge in [-0.2, -0.15) is 0 Å². The van der Waals surface area contributed by atoms with E-state index in [1.807, 2.05) is 6.07 Å². The Morgan fingerprint density at radius 2 is 0.870 bits per heavy atom. The van der Waals surface area contributed by atoms with Gasteiger partial charge in [-0.1, -0.05) is 158 Å². The molecule has 0 saturated carbocycles. The van der Waals surface area contributed by atoms with Gasteiger partial charge in [-0.25, -0.2) is 9.97 Å². The highest BCUT2D eigenvalue weighted by atomic mass is 14.9. The molecule has 9 aromatic rings.